The van der Waals surface area contributed by atoms with E-state index in [4.69, 9.17) is 29.9 Å². The fraction of sp³-hybridized carbons (Fsp3) is 0.250. The summed E-state index contributed by atoms with van der Waals surface area (Å²) in [6, 6.07) is 46.2. The Hall–Kier alpha value is -5.88. The molecule has 0 amide bonds. The molecule has 2 aromatic heterocycles. The number of benzene rings is 5. The number of rotatable bonds is 8. The van der Waals surface area contributed by atoms with Crippen molar-refractivity contribution in [3.8, 4) is 68.3 Å². The first-order valence-electron chi connectivity index (χ1n) is 19.7. The standard InChI is InChI=1S/C48H44N6/c1-5-15-33(16-6-1)35-25-29-39(30-26-35)45-49-43(37-19-9-3-10-20-37)51-47(53-45)41-23-13-14-24-42(41)48-52-44(38-21-11-4-12-22-38)50-46(54-48)40-31-27-36(28-32-40)34-17-7-2-8-18-34/h3-4,9-14,19-34H,1-2,5-8,15-18H2. The number of hydrogen-bond donors (Lipinski definition) is 0. The van der Waals surface area contributed by atoms with E-state index < -0.39 is 0 Å². The van der Waals surface area contributed by atoms with Gasteiger partial charge in [0.15, 0.2) is 34.9 Å². The lowest BCUT2D eigenvalue weighted by Crippen LogP contribution is -2.05. The van der Waals surface area contributed by atoms with Gasteiger partial charge in [0.05, 0.1) is 0 Å². The van der Waals surface area contributed by atoms with Crippen LogP contribution in [0.4, 0.5) is 0 Å². The molecular formula is C48H44N6. The van der Waals surface area contributed by atoms with Gasteiger partial charge in [-0.2, -0.15) is 0 Å². The summed E-state index contributed by atoms with van der Waals surface area (Å²) in [6.45, 7) is 0. The number of hydrogen-bond acceptors (Lipinski definition) is 6. The van der Waals surface area contributed by atoms with Gasteiger partial charge in [0.25, 0.3) is 0 Å². The van der Waals surface area contributed by atoms with E-state index in [-0.39, 0.29) is 0 Å². The Kier molecular flexibility index (Phi) is 9.81. The lowest BCUT2D eigenvalue weighted by molar-refractivity contribution is 0.443. The summed E-state index contributed by atoms with van der Waals surface area (Å²) in [6.07, 6.45) is 13.0. The van der Waals surface area contributed by atoms with E-state index in [1.54, 1.807) is 0 Å². The molecule has 6 nitrogen and oxygen atoms in total. The van der Waals surface area contributed by atoms with Crippen molar-refractivity contribution < 1.29 is 0 Å². The van der Waals surface area contributed by atoms with Gasteiger partial charge in [0.1, 0.15) is 0 Å². The molecule has 0 radical (unpaired) electrons. The lowest BCUT2D eigenvalue weighted by atomic mass is 9.84. The second kappa shape index (κ2) is 15.6. The SMILES string of the molecule is c1ccc(-c2nc(-c3ccc(C4CCCCC4)cc3)nc(-c3ccccc3-c3nc(-c4ccccc4)nc(-c4ccc(C5CCCCC5)cc4)n3)n2)cc1. The van der Waals surface area contributed by atoms with Crippen LogP contribution < -0.4 is 0 Å². The van der Waals surface area contributed by atoms with E-state index in [1.165, 1.54) is 75.3 Å². The van der Waals surface area contributed by atoms with E-state index in [9.17, 15) is 0 Å². The van der Waals surface area contributed by atoms with E-state index in [2.05, 4.69) is 60.7 Å². The number of nitrogens with zero attached hydrogens (tertiary/aromatic N) is 6. The minimum Gasteiger partial charge on any atom is -0.208 e. The van der Waals surface area contributed by atoms with Crippen LogP contribution in [-0.2, 0) is 0 Å². The van der Waals surface area contributed by atoms with Crippen LogP contribution in [0, 0.1) is 0 Å². The minimum absolute atomic E-state index is 0.575. The van der Waals surface area contributed by atoms with Crippen molar-refractivity contribution in [3.63, 3.8) is 0 Å². The third kappa shape index (κ3) is 7.34. The highest BCUT2D eigenvalue weighted by Gasteiger charge is 2.21. The smallest absolute Gasteiger partial charge is 0.164 e. The molecule has 2 saturated carbocycles. The summed E-state index contributed by atoms with van der Waals surface area (Å²) in [5.74, 6) is 4.95. The average molecular weight is 705 g/mol. The highest BCUT2D eigenvalue weighted by atomic mass is 15.1. The molecule has 5 aromatic carbocycles. The Labute approximate surface area is 317 Å². The van der Waals surface area contributed by atoms with Crippen molar-refractivity contribution in [2.75, 3.05) is 0 Å². The molecular weight excluding hydrogens is 661 g/mol. The van der Waals surface area contributed by atoms with Crippen LogP contribution in [0.5, 0.6) is 0 Å². The highest BCUT2D eigenvalue weighted by molar-refractivity contribution is 5.80. The highest BCUT2D eigenvalue weighted by Crippen LogP contribution is 2.37. The summed E-state index contributed by atoms with van der Waals surface area (Å²) in [4.78, 5) is 30.6. The van der Waals surface area contributed by atoms with Crippen LogP contribution in [0.2, 0.25) is 0 Å². The van der Waals surface area contributed by atoms with Gasteiger partial charge in [-0.1, -0.05) is 172 Å². The van der Waals surface area contributed by atoms with Gasteiger partial charge in [0.2, 0.25) is 0 Å². The number of aromatic nitrogens is 6. The molecule has 266 valence electrons. The van der Waals surface area contributed by atoms with Crippen molar-refractivity contribution in [2.24, 2.45) is 0 Å². The maximum absolute atomic E-state index is 5.15. The second-order valence-corrected chi connectivity index (χ2v) is 14.8. The molecule has 0 N–H and O–H groups in total. The molecule has 6 heteroatoms. The third-order valence-electron chi connectivity index (χ3n) is 11.2. The third-order valence-corrected chi connectivity index (χ3v) is 11.2. The average Bonchev–Trinajstić information content (AvgIpc) is 3.27. The van der Waals surface area contributed by atoms with E-state index in [0.29, 0.717) is 46.8 Å². The quantitative estimate of drug-likeness (QED) is 0.157. The van der Waals surface area contributed by atoms with Crippen molar-refractivity contribution >= 4 is 0 Å². The maximum Gasteiger partial charge on any atom is 0.164 e. The van der Waals surface area contributed by atoms with E-state index >= 15 is 0 Å². The van der Waals surface area contributed by atoms with Gasteiger partial charge < -0.3 is 0 Å². The molecule has 2 heterocycles. The van der Waals surface area contributed by atoms with Gasteiger partial charge in [-0.05, 0) is 48.6 Å². The molecule has 9 rings (SSSR count). The zero-order valence-electron chi connectivity index (χ0n) is 30.6. The molecule has 7 aromatic rings. The Morgan fingerprint density at radius 2 is 0.574 bits per heavy atom. The first-order chi connectivity index (χ1) is 26.7. The normalized spacial score (nSPS) is 15.3. The van der Waals surface area contributed by atoms with Crippen LogP contribution >= 0.6 is 0 Å². The van der Waals surface area contributed by atoms with Crippen LogP contribution in [0.15, 0.2) is 133 Å². The Morgan fingerprint density at radius 3 is 0.926 bits per heavy atom. The zero-order valence-corrected chi connectivity index (χ0v) is 30.6. The van der Waals surface area contributed by atoms with E-state index in [0.717, 1.165) is 33.4 Å². The predicted molar refractivity (Wildman–Crippen MR) is 217 cm³/mol. The van der Waals surface area contributed by atoms with E-state index in [1.807, 2.05) is 72.8 Å². The summed E-state index contributed by atoms with van der Waals surface area (Å²) in [5.41, 5.74) is 8.29. The molecule has 2 aliphatic carbocycles. The molecule has 2 aliphatic rings. The Bertz CT molecular complexity index is 2160. The molecule has 0 atom stereocenters. The van der Waals surface area contributed by atoms with Crippen LogP contribution in [0.3, 0.4) is 0 Å². The van der Waals surface area contributed by atoms with Gasteiger partial charge >= 0.3 is 0 Å². The van der Waals surface area contributed by atoms with Crippen molar-refractivity contribution in [3.05, 3.63) is 145 Å². The monoisotopic (exact) mass is 704 g/mol. The molecule has 0 aliphatic heterocycles. The zero-order chi connectivity index (χ0) is 36.1. The van der Waals surface area contributed by atoms with Crippen molar-refractivity contribution in [2.45, 2.75) is 76.0 Å². The van der Waals surface area contributed by atoms with Crippen LogP contribution in [-0.4, -0.2) is 29.9 Å². The van der Waals surface area contributed by atoms with Gasteiger partial charge in [-0.3, -0.25) is 0 Å². The molecule has 2 fully saturated rings. The fourth-order valence-corrected chi connectivity index (χ4v) is 8.24. The van der Waals surface area contributed by atoms with Gasteiger partial charge in [-0.25, -0.2) is 29.9 Å². The molecule has 0 saturated heterocycles. The lowest BCUT2D eigenvalue weighted by Gasteiger charge is -2.22. The molecule has 0 spiro atoms. The largest absolute Gasteiger partial charge is 0.208 e. The molecule has 0 unspecified atom stereocenters. The summed E-state index contributed by atoms with van der Waals surface area (Å²) < 4.78 is 0. The predicted octanol–water partition coefficient (Wildman–Crippen LogP) is 12.2. The van der Waals surface area contributed by atoms with Crippen molar-refractivity contribution in [1.29, 1.82) is 0 Å². The van der Waals surface area contributed by atoms with Crippen LogP contribution in [0.25, 0.3) is 68.3 Å². The first-order valence-corrected chi connectivity index (χ1v) is 19.7. The molecule has 0 bridgehead atoms. The Balaban J connectivity index is 1.15. The van der Waals surface area contributed by atoms with Gasteiger partial charge in [-0.15, -0.1) is 0 Å². The summed E-state index contributed by atoms with van der Waals surface area (Å²) in [5, 5.41) is 0. The van der Waals surface area contributed by atoms with Crippen molar-refractivity contribution in [1.82, 2.24) is 29.9 Å². The summed E-state index contributed by atoms with van der Waals surface area (Å²) in [7, 11) is 0. The minimum atomic E-state index is 0.575. The van der Waals surface area contributed by atoms with Crippen LogP contribution in [0.1, 0.15) is 87.2 Å². The summed E-state index contributed by atoms with van der Waals surface area (Å²) >= 11 is 0. The maximum atomic E-state index is 5.15. The fourth-order valence-electron chi connectivity index (χ4n) is 8.24. The Morgan fingerprint density at radius 1 is 0.278 bits per heavy atom. The second-order valence-electron chi connectivity index (χ2n) is 14.8. The molecule has 54 heavy (non-hydrogen) atoms. The topological polar surface area (TPSA) is 77.3 Å². The van der Waals surface area contributed by atoms with Gasteiger partial charge in [0, 0.05) is 33.4 Å². The first kappa shape index (κ1) is 33.9.